The molecule has 0 amide bonds. The van der Waals surface area contributed by atoms with Gasteiger partial charge in [0.25, 0.3) is 0 Å². The highest BCUT2D eigenvalue weighted by molar-refractivity contribution is 14.1. The maximum Gasteiger partial charge on any atom is 0.221 e. The molecule has 0 unspecified atom stereocenters. The third-order valence-corrected chi connectivity index (χ3v) is 3.93. The van der Waals surface area contributed by atoms with Crippen molar-refractivity contribution in [1.82, 2.24) is 14.5 Å². The molecule has 0 bridgehead atoms. The van der Waals surface area contributed by atoms with E-state index in [-0.39, 0.29) is 0 Å². The molecule has 3 N–H and O–H groups in total. The Balaban J connectivity index is 2.13. The van der Waals surface area contributed by atoms with Gasteiger partial charge in [0, 0.05) is 12.3 Å². The zero-order valence-electron chi connectivity index (χ0n) is 10.3. The van der Waals surface area contributed by atoms with E-state index in [1.165, 1.54) is 6.33 Å². The highest BCUT2D eigenvalue weighted by Crippen LogP contribution is 2.38. The monoisotopic (exact) mass is 382 g/mol. The van der Waals surface area contributed by atoms with Crippen LogP contribution in [0, 0.1) is 12.3 Å². The minimum Gasteiger partial charge on any atom is -0.469 e. The molecular weight excluding hydrogens is 371 g/mol. The maximum absolute atomic E-state index is 10.5. The molecule has 102 valence electrons. The van der Waals surface area contributed by atoms with E-state index in [0.717, 1.165) is 0 Å². The minimum absolute atomic E-state index is 0.373. The van der Waals surface area contributed by atoms with Crippen LogP contribution in [0.4, 0.5) is 5.82 Å². The molecule has 3 heterocycles. The summed E-state index contributed by atoms with van der Waals surface area (Å²) in [6.45, 7) is 0. The number of nitrogens with two attached hydrogens (primary N) is 1. The van der Waals surface area contributed by atoms with E-state index in [1.54, 1.807) is 22.9 Å². The van der Waals surface area contributed by atoms with Crippen molar-refractivity contribution in [2.24, 2.45) is 0 Å². The van der Waals surface area contributed by atoms with E-state index in [2.05, 4.69) is 38.5 Å². The summed E-state index contributed by atoms with van der Waals surface area (Å²) in [7, 11) is 0. The lowest BCUT2D eigenvalue weighted by Crippen LogP contribution is -2.33. The topological polar surface area (TPSA) is 86.2 Å². The van der Waals surface area contributed by atoms with Crippen LogP contribution in [0.1, 0.15) is 6.23 Å². The van der Waals surface area contributed by atoms with Gasteiger partial charge in [0.05, 0.1) is 9.81 Å². The molecule has 3 rings (SSSR count). The van der Waals surface area contributed by atoms with Crippen LogP contribution in [0.25, 0.3) is 11.0 Å². The summed E-state index contributed by atoms with van der Waals surface area (Å²) >= 11 is 2.15. The summed E-state index contributed by atoms with van der Waals surface area (Å²) < 4.78 is 8.02. The number of alkyl halides is 1. The molecule has 20 heavy (non-hydrogen) atoms. The molecule has 2 aromatic heterocycles. The van der Waals surface area contributed by atoms with Crippen LogP contribution in [-0.4, -0.2) is 29.7 Å². The predicted octanol–water partition coefficient (Wildman–Crippen LogP) is 1.23. The van der Waals surface area contributed by atoms with Crippen LogP contribution in [0.15, 0.2) is 30.4 Å². The summed E-state index contributed by atoms with van der Waals surface area (Å²) in [6, 6.07) is 1.77. The fraction of sp³-hybridized carbons (Fsp3) is 0.231. The zero-order valence-corrected chi connectivity index (χ0v) is 12.5. The van der Waals surface area contributed by atoms with E-state index >= 15 is 0 Å². The Kier molecular flexibility index (Phi) is 3.07. The van der Waals surface area contributed by atoms with Gasteiger partial charge in [-0.25, -0.2) is 9.97 Å². The van der Waals surface area contributed by atoms with E-state index in [9.17, 15) is 5.11 Å². The summed E-state index contributed by atoms with van der Waals surface area (Å²) in [5.74, 6) is 3.39. The summed E-state index contributed by atoms with van der Waals surface area (Å²) in [5, 5.41) is 11.2. The van der Waals surface area contributed by atoms with E-state index in [0.29, 0.717) is 27.0 Å². The average molecular weight is 382 g/mol. The first-order valence-corrected chi connectivity index (χ1v) is 7.33. The molecule has 0 saturated carbocycles. The first-order valence-electron chi connectivity index (χ1n) is 5.80. The van der Waals surface area contributed by atoms with Crippen LogP contribution < -0.4 is 5.73 Å². The number of nitrogen functional groups attached to an aromatic ring is 1. The molecule has 0 aromatic carbocycles. The van der Waals surface area contributed by atoms with Gasteiger partial charge in [-0.2, -0.15) is 0 Å². The van der Waals surface area contributed by atoms with Gasteiger partial charge in [0.2, 0.25) is 11.8 Å². The Hall–Kier alpha value is -1.79. The number of terminal acetylenes is 1. The molecular formula is C13H11IN4O2. The van der Waals surface area contributed by atoms with E-state index in [1.807, 2.05) is 0 Å². The van der Waals surface area contributed by atoms with Crippen LogP contribution in [0.3, 0.4) is 0 Å². The van der Waals surface area contributed by atoms with Gasteiger partial charge in [-0.15, -0.1) is 6.42 Å². The molecule has 0 aliphatic carbocycles. The number of nitrogens with zero attached hydrogens (tertiary/aromatic N) is 3. The molecule has 2 atom stereocenters. The molecule has 1 aliphatic rings. The standard InChI is InChI=1S/C13H11IN4O2/c1-2-13(19)5-8(6-14)20-12(13)18-4-3-9-10(15)16-7-17-11(9)18/h1,3-5,7,12,19H,6H2,(H2,15,16,17)/t12-,13+/m1/s1. The maximum atomic E-state index is 10.5. The fourth-order valence-corrected chi connectivity index (χ4v) is 2.62. The largest absolute Gasteiger partial charge is 0.469 e. The lowest BCUT2D eigenvalue weighted by Gasteiger charge is -2.24. The minimum atomic E-state index is -1.51. The van der Waals surface area contributed by atoms with Crippen molar-refractivity contribution in [3.05, 3.63) is 30.4 Å². The number of hydrogen-bond donors (Lipinski definition) is 2. The highest BCUT2D eigenvalue weighted by Gasteiger charge is 2.43. The molecule has 0 saturated heterocycles. The lowest BCUT2D eigenvalue weighted by atomic mass is 10.0. The van der Waals surface area contributed by atoms with Gasteiger partial charge >= 0.3 is 0 Å². The van der Waals surface area contributed by atoms with Crippen LogP contribution >= 0.6 is 22.6 Å². The quantitative estimate of drug-likeness (QED) is 0.464. The number of aliphatic hydroxyl groups is 1. The third-order valence-electron chi connectivity index (χ3n) is 3.18. The molecule has 0 fully saturated rings. The molecule has 7 heteroatoms. The second kappa shape index (κ2) is 4.64. The van der Waals surface area contributed by atoms with Crippen molar-refractivity contribution >= 4 is 39.4 Å². The van der Waals surface area contributed by atoms with Crippen LogP contribution in [-0.2, 0) is 4.74 Å². The van der Waals surface area contributed by atoms with Crippen molar-refractivity contribution in [3.8, 4) is 12.3 Å². The number of rotatable bonds is 2. The summed E-state index contributed by atoms with van der Waals surface area (Å²) in [4.78, 5) is 8.11. The lowest BCUT2D eigenvalue weighted by molar-refractivity contribution is -0.0327. The number of allylic oxidation sites excluding steroid dienone is 1. The van der Waals surface area contributed by atoms with Gasteiger partial charge in [0.1, 0.15) is 23.6 Å². The molecule has 0 spiro atoms. The normalized spacial score (nSPS) is 25.2. The Morgan fingerprint density at radius 3 is 3.10 bits per heavy atom. The second-order valence-corrected chi connectivity index (χ2v) is 5.17. The zero-order chi connectivity index (χ0) is 14.3. The molecule has 6 nitrogen and oxygen atoms in total. The number of aromatic nitrogens is 3. The Bertz CT molecular complexity index is 748. The first-order chi connectivity index (χ1) is 9.59. The first kappa shape index (κ1) is 13.2. The van der Waals surface area contributed by atoms with E-state index < -0.39 is 11.8 Å². The van der Waals surface area contributed by atoms with Crippen molar-refractivity contribution in [1.29, 1.82) is 0 Å². The number of ether oxygens (including phenoxy) is 1. The number of fused-ring (bicyclic) bond motifs is 1. The molecule has 0 radical (unpaired) electrons. The predicted molar refractivity (Wildman–Crippen MR) is 82.8 cm³/mol. The van der Waals surface area contributed by atoms with E-state index in [4.69, 9.17) is 16.9 Å². The van der Waals surface area contributed by atoms with Gasteiger partial charge in [-0.05, 0) is 6.07 Å². The average Bonchev–Trinajstić information content (AvgIpc) is 3.01. The van der Waals surface area contributed by atoms with Gasteiger partial charge in [0.15, 0.2) is 0 Å². The fourth-order valence-electron chi connectivity index (χ4n) is 2.22. The van der Waals surface area contributed by atoms with Gasteiger partial charge in [-0.3, -0.25) is 4.57 Å². The smallest absolute Gasteiger partial charge is 0.221 e. The Labute approximate surface area is 128 Å². The summed E-state index contributed by atoms with van der Waals surface area (Å²) in [5.41, 5.74) is 4.86. The van der Waals surface area contributed by atoms with Crippen molar-refractivity contribution < 1.29 is 9.84 Å². The second-order valence-electron chi connectivity index (χ2n) is 4.40. The summed E-state index contributed by atoms with van der Waals surface area (Å²) in [6.07, 6.45) is 9.35. The number of anilines is 1. The highest BCUT2D eigenvalue weighted by atomic mass is 127. The SMILES string of the molecule is C#C[C@]1(O)C=C(CI)O[C@H]1n1ccc2c(N)ncnc21. The third kappa shape index (κ3) is 1.83. The van der Waals surface area contributed by atoms with Gasteiger partial charge < -0.3 is 15.6 Å². The van der Waals surface area contributed by atoms with Crippen molar-refractivity contribution in [2.75, 3.05) is 10.2 Å². The Morgan fingerprint density at radius 1 is 1.60 bits per heavy atom. The van der Waals surface area contributed by atoms with Crippen LogP contribution in [0.2, 0.25) is 0 Å². The van der Waals surface area contributed by atoms with Crippen molar-refractivity contribution in [2.45, 2.75) is 11.8 Å². The number of hydrogen-bond acceptors (Lipinski definition) is 5. The molecule has 1 aliphatic heterocycles. The van der Waals surface area contributed by atoms with Gasteiger partial charge in [-0.1, -0.05) is 28.5 Å². The molecule has 2 aromatic rings. The number of halogens is 1. The van der Waals surface area contributed by atoms with Crippen LogP contribution in [0.5, 0.6) is 0 Å². The van der Waals surface area contributed by atoms with Crippen molar-refractivity contribution in [3.63, 3.8) is 0 Å². The Morgan fingerprint density at radius 2 is 2.40 bits per heavy atom.